The minimum atomic E-state index is -0.976. The van der Waals surface area contributed by atoms with Gasteiger partial charge in [0.15, 0.2) is 16.6 Å². The minimum absolute atomic E-state index is 0.0476. The number of benzene rings is 3. The molecule has 1 unspecified atom stereocenters. The maximum Gasteiger partial charge on any atom is 0.301 e. The van der Waals surface area contributed by atoms with Gasteiger partial charge in [-0.25, -0.2) is 4.98 Å². The fraction of sp³-hybridized carbons (Fsp3) is 0.324. The van der Waals surface area contributed by atoms with E-state index in [1.54, 1.807) is 60.7 Å². The second-order valence-corrected chi connectivity index (χ2v) is 11.8. The summed E-state index contributed by atoms with van der Waals surface area (Å²) in [5.74, 6) is -0.192. The van der Waals surface area contributed by atoms with Crippen molar-refractivity contribution in [2.45, 2.75) is 52.5 Å². The van der Waals surface area contributed by atoms with Crippen molar-refractivity contribution in [1.82, 2.24) is 4.98 Å². The largest absolute Gasteiger partial charge is 0.507 e. The van der Waals surface area contributed by atoms with Gasteiger partial charge in [0.2, 0.25) is 0 Å². The fourth-order valence-electron chi connectivity index (χ4n) is 5.04. The van der Waals surface area contributed by atoms with Crippen LogP contribution in [0.5, 0.6) is 17.2 Å². The number of aromatic nitrogens is 1. The molecule has 5 rings (SSSR count). The molecule has 0 bridgehead atoms. The molecule has 0 saturated carbocycles. The highest BCUT2D eigenvalue weighted by Gasteiger charge is 2.48. The number of aliphatic hydroxyl groups excluding tert-OH is 1. The molecule has 1 aliphatic rings. The SMILES string of the molecule is CCCCCOc1ccc(C2C(=C(O)c3ccc(OCCC)cc3)C(=O)C(=O)N2c2nc3ccc(Cl)cc3s2)cc1OCC. The number of thiazole rings is 1. The summed E-state index contributed by atoms with van der Waals surface area (Å²) in [5, 5.41) is 12.4. The van der Waals surface area contributed by atoms with E-state index in [-0.39, 0.29) is 11.3 Å². The van der Waals surface area contributed by atoms with Crippen molar-refractivity contribution in [3.63, 3.8) is 0 Å². The van der Waals surface area contributed by atoms with E-state index in [0.717, 1.165) is 30.4 Å². The molecule has 1 atom stereocenters. The summed E-state index contributed by atoms with van der Waals surface area (Å²) in [4.78, 5) is 33.5. The first-order valence-corrected chi connectivity index (χ1v) is 16.1. The number of hydrogen-bond acceptors (Lipinski definition) is 8. The van der Waals surface area contributed by atoms with E-state index in [2.05, 4.69) is 11.9 Å². The van der Waals surface area contributed by atoms with Gasteiger partial charge >= 0.3 is 5.91 Å². The first kappa shape index (κ1) is 31.3. The molecule has 8 nitrogen and oxygen atoms in total. The number of aliphatic hydroxyl groups is 1. The van der Waals surface area contributed by atoms with Crippen molar-refractivity contribution in [1.29, 1.82) is 0 Å². The van der Waals surface area contributed by atoms with Crippen LogP contribution in [0, 0.1) is 0 Å². The summed E-state index contributed by atoms with van der Waals surface area (Å²) in [5.41, 5.74) is 1.54. The topological polar surface area (TPSA) is 98.2 Å². The van der Waals surface area contributed by atoms with Crippen LogP contribution in [-0.4, -0.2) is 41.6 Å². The number of nitrogens with zero attached hydrogens (tertiary/aromatic N) is 2. The Bertz CT molecular complexity index is 1680. The molecule has 3 aromatic carbocycles. The predicted molar refractivity (Wildman–Crippen MR) is 174 cm³/mol. The molecule has 0 spiro atoms. The Morgan fingerprint density at radius 2 is 1.70 bits per heavy atom. The van der Waals surface area contributed by atoms with Gasteiger partial charge in [-0.05, 0) is 79.9 Å². The molecular weight excluding hydrogens is 600 g/mol. The number of hydrogen-bond donors (Lipinski definition) is 1. The quantitative estimate of drug-likeness (QED) is 0.0683. The third-order valence-corrected chi connectivity index (χ3v) is 8.43. The minimum Gasteiger partial charge on any atom is -0.507 e. The van der Waals surface area contributed by atoms with Gasteiger partial charge in [0, 0.05) is 10.6 Å². The molecule has 10 heteroatoms. The number of carbonyl (C=O) groups is 2. The zero-order valence-electron chi connectivity index (χ0n) is 25.0. The Morgan fingerprint density at radius 1 is 0.909 bits per heavy atom. The molecule has 1 amide bonds. The van der Waals surface area contributed by atoms with Crippen LogP contribution in [0.1, 0.15) is 63.6 Å². The second-order valence-electron chi connectivity index (χ2n) is 10.3. The van der Waals surface area contributed by atoms with E-state index < -0.39 is 17.7 Å². The van der Waals surface area contributed by atoms with Gasteiger partial charge in [-0.1, -0.05) is 55.7 Å². The fourth-order valence-corrected chi connectivity index (χ4v) is 6.30. The summed E-state index contributed by atoms with van der Waals surface area (Å²) in [6.07, 6.45) is 3.89. The summed E-state index contributed by atoms with van der Waals surface area (Å²) in [6.45, 7) is 7.51. The molecule has 0 aliphatic carbocycles. The maximum atomic E-state index is 13.7. The molecule has 2 heterocycles. The number of amides is 1. The summed E-state index contributed by atoms with van der Waals surface area (Å²) in [7, 11) is 0. The lowest BCUT2D eigenvalue weighted by Gasteiger charge is -2.24. The van der Waals surface area contributed by atoms with Crippen LogP contribution in [0.15, 0.2) is 66.2 Å². The van der Waals surface area contributed by atoms with E-state index >= 15 is 0 Å². The number of ketones is 1. The number of Topliss-reactive ketones (excluding diaryl/α,β-unsaturated/α-hetero) is 1. The smallest absolute Gasteiger partial charge is 0.301 e. The van der Waals surface area contributed by atoms with Gasteiger partial charge in [-0.15, -0.1) is 0 Å². The third kappa shape index (κ3) is 6.54. The second kappa shape index (κ2) is 14.1. The van der Waals surface area contributed by atoms with Gasteiger partial charge in [0.05, 0.1) is 41.7 Å². The van der Waals surface area contributed by atoms with Crippen molar-refractivity contribution in [2.24, 2.45) is 0 Å². The lowest BCUT2D eigenvalue weighted by molar-refractivity contribution is -0.132. The number of halogens is 1. The Kier molecular flexibility index (Phi) is 10.1. The zero-order chi connectivity index (χ0) is 31.2. The normalized spacial score (nSPS) is 16.1. The predicted octanol–water partition coefficient (Wildman–Crippen LogP) is 8.33. The van der Waals surface area contributed by atoms with Gasteiger partial charge < -0.3 is 19.3 Å². The van der Waals surface area contributed by atoms with Gasteiger partial charge in [0.1, 0.15) is 11.5 Å². The van der Waals surface area contributed by atoms with Gasteiger partial charge in [-0.2, -0.15) is 0 Å². The molecule has 1 saturated heterocycles. The van der Waals surface area contributed by atoms with Crippen LogP contribution in [0.3, 0.4) is 0 Å². The summed E-state index contributed by atoms with van der Waals surface area (Å²) in [6, 6.07) is 16.4. The highest BCUT2D eigenvalue weighted by atomic mass is 35.5. The molecule has 1 aliphatic heterocycles. The van der Waals surface area contributed by atoms with Crippen LogP contribution in [-0.2, 0) is 9.59 Å². The van der Waals surface area contributed by atoms with Crippen LogP contribution in [0.2, 0.25) is 5.02 Å². The zero-order valence-corrected chi connectivity index (χ0v) is 26.5. The summed E-state index contributed by atoms with van der Waals surface area (Å²) < 4.78 is 18.4. The lowest BCUT2D eigenvalue weighted by atomic mass is 9.95. The summed E-state index contributed by atoms with van der Waals surface area (Å²) >= 11 is 7.47. The van der Waals surface area contributed by atoms with Crippen molar-refractivity contribution >= 4 is 55.7 Å². The van der Waals surface area contributed by atoms with Crippen LogP contribution >= 0.6 is 22.9 Å². The highest BCUT2D eigenvalue weighted by molar-refractivity contribution is 7.22. The van der Waals surface area contributed by atoms with E-state index in [1.807, 2.05) is 13.8 Å². The van der Waals surface area contributed by atoms with E-state index in [9.17, 15) is 14.7 Å². The van der Waals surface area contributed by atoms with Crippen LogP contribution in [0.4, 0.5) is 5.13 Å². The van der Waals surface area contributed by atoms with Crippen molar-refractivity contribution in [2.75, 3.05) is 24.7 Å². The monoisotopic (exact) mass is 634 g/mol. The number of rotatable bonds is 13. The molecule has 4 aromatic rings. The van der Waals surface area contributed by atoms with Gasteiger partial charge in [-0.3, -0.25) is 14.5 Å². The molecule has 230 valence electrons. The molecule has 1 aromatic heterocycles. The van der Waals surface area contributed by atoms with Crippen molar-refractivity contribution < 1.29 is 28.9 Å². The van der Waals surface area contributed by atoms with Crippen LogP contribution in [0.25, 0.3) is 16.0 Å². The first-order valence-electron chi connectivity index (χ1n) is 14.9. The van der Waals surface area contributed by atoms with Crippen molar-refractivity contribution in [3.05, 3.63) is 82.4 Å². The van der Waals surface area contributed by atoms with Crippen LogP contribution < -0.4 is 19.1 Å². The average molecular weight is 635 g/mol. The maximum absolute atomic E-state index is 13.7. The first-order chi connectivity index (χ1) is 21.4. The molecule has 1 N–H and O–H groups in total. The lowest BCUT2D eigenvalue weighted by Crippen LogP contribution is -2.29. The van der Waals surface area contributed by atoms with E-state index in [4.69, 9.17) is 25.8 Å². The van der Waals surface area contributed by atoms with E-state index in [0.29, 0.717) is 63.9 Å². The van der Waals surface area contributed by atoms with Gasteiger partial charge in [0.25, 0.3) is 5.78 Å². The molecular formula is C34H35ClN2O6S. The van der Waals surface area contributed by atoms with E-state index in [1.165, 1.54) is 16.2 Å². The average Bonchev–Trinajstić information content (AvgIpc) is 3.56. The number of carbonyl (C=O) groups excluding carboxylic acids is 2. The molecule has 0 radical (unpaired) electrons. The number of ether oxygens (including phenoxy) is 3. The Morgan fingerprint density at radius 3 is 2.43 bits per heavy atom. The van der Waals surface area contributed by atoms with Crippen molar-refractivity contribution in [3.8, 4) is 17.2 Å². The number of anilines is 1. The molecule has 1 fully saturated rings. The standard InChI is InChI=1S/C34H35ClN2O6S/c1-4-7-8-18-43-26-16-11-22(19-27(26)41-6-3)30-29(31(38)21-9-13-24(14-10-21)42-17-5-2)32(39)33(40)37(30)34-36-25-15-12-23(35)20-28(25)44-34/h9-16,19-20,30,38H,4-8,17-18H2,1-3H3. The Balaban J connectivity index is 1.63. The third-order valence-electron chi connectivity index (χ3n) is 7.18. The Hall–Kier alpha value is -4.08. The number of fused-ring (bicyclic) bond motifs is 1. The molecule has 44 heavy (non-hydrogen) atoms. The highest BCUT2D eigenvalue weighted by Crippen LogP contribution is 2.46. The Labute approximate surface area is 265 Å². The number of unbranched alkanes of at least 4 members (excludes halogenated alkanes) is 2.